The topological polar surface area (TPSA) is 106 Å². The molecule has 104 valence electrons. The van der Waals surface area contributed by atoms with E-state index in [4.69, 9.17) is 5.84 Å². The number of nitrogen functional groups attached to an aromatic ring is 1. The van der Waals surface area contributed by atoms with E-state index in [1.807, 2.05) is 24.3 Å². The van der Waals surface area contributed by atoms with Crippen molar-refractivity contribution in [2.24, 2.45) is 5.84 Å². The summed E-state index contributed by atoms with van der Waals surface area (Å²) in [6.07, 6.45) is 1.54. The number of anilines is 2. The second-order valence-electron chi connectivity index (χ2n) is 4.28. The number of hydrogen-bond donors (Lipinski definition) is 3. The minimum Gasteiger partial charge on any atom is -0.308 e. The van der Waals surface area contributed by atoms with Gasteiger partial charge in [-0.1, -0.05) is 18.2 Å². The van der Waals surface area contributed by atoms with E-state index in [0.29, 0.717) is 22.7 Å². The average molecular weight is 280 g/mol. The predicted molar refractivity (Wildman–Crippen MR) is 79.5 cm³/mol. The summed E-state index contributed by atoms with van der Waals surface area (Å²) in [5.41, 5.74) is 3.59. The van der Waals surface area contributed by atoms with Gasteiger partial charge in [0.15, 0.2) is 5.82 Å². The van der Waals surface area contributed by atoms with Crippen molar-refractivity contribution in [2.45, 2.75) is 0 Å². The standard InChI is InChI=1S/C14H12N6O/c15-19-13-8-10(9-4-1-2-5-11(9)17-13)14(21)18-12-6-3-7-16-20-12/h1-8H,15H2,(H,17,19)(H,18,20,21). The minimum atomic E-state index is -0.300. The Bertz CT molecular complexity index is 790. The Morgan fingerprint density at radius 1 is 1.10 bits per heavy atom. The number of pyridine rings is 1. The van der Waals surface area contributed by atoms with Crippen LogP contribution in [0.2, 0.25) is 0 Å². The van der Waals surface area contributed by atoms with Crippen LogP contribution in [0.15, 0.2) is 48.7 Å². The van der Waals surface area contributed by atoms with Crippen LogP contribution < -0.4 is 16.6 Å². The maximum absolute atomic E-state index is 12.4. The van der Waals surface area contributed by atoms with Crippen molar-refractivity contribution in [3.63, 3.8) is 0 Å². The monoisotopic (exact) mass is 280 g/mol. The zero-order valence-electron chi connectivity index (χ0n) is 10.9. The highest BCUT2D eigenvalue weighted by Crippen LogP contribution is 2.21. The maximum Gasteiger partial charge on any atom is 0.257 e. The number of carbonyl (C=O) groups is 1. The van der Waals surface area contributed by atoms with Gasteiger partial charge in [-0.15, -0.1) is 5.10 Å². The van der Waals surface area contributed by atoms with Crippen molar-refractivity contribution in [1.82, 2.24) is 15.2 Å². The Morgan fingerprint density at radius 2 is 1.95 bits per heavy atom. The highest BCUT2D eigenvalue weighted by Gasteiger charge is 2.13. The Labute approximate surface area is 120 Å². The molecule has 1 amide bonds. The van der Waals surface area contributed by atoms with E-state index in [1.54, 1.807) is 18.2 Å². The predicted octanol–water partition coefficient (Wildman–Crippen LogP) is 1.56. The summed E-state index contributed by atoms with van der Waals surface area (Å²) in [5.74, 6) is 5.89. The molecule has 0 aliphatic rings. The molecule has 21 heavy (non-hydrogen) atoms. The lowest BCUT2D eigenvalue weighted by atomic mass is 10.1. The van der Waals surface area contributed by atoms with Crippen LogP contribution in [-0.4, -0.2) is 21.1 Å². The summed E-state index contributed by atoms with van der Waals surface area (Å²) >= 11 is 0. The van der Waals surface area contributed by atoms with E-state index >= 15 is 0 Å². The lowest BCUT2D eigenvalue weighted by molar-refractivity contribution is 0.102. The first-order chi connectivity index (χ1) is 10.3. The molecule has 3 rings (SSSR count). The summed E-state index contributed by atoms with van der Waals surface area (Å²) in [4.78, 5) is 16.7. The highest BCUT2D eigenvalue weighted by atomic mass is 16.1. The minimum absolute atomic E-state index is 0.300. The molecule has 7 heteroatoms. The number of rotatable bonds is 3. The number of nitrogens with two attached hydrogens (primary N) is 1. The fourth-order valence-electron chi connectivity index (χ4n) is 1.99. The van der Waals surface area contributed by atoms with Crippen molar-refractivity contribution < 1.29 is 4.79 Å². The number of carbonyl (C=O) groups excluding carboxylic acids is 1. The molecule has 2 aromatic heterocycles. The molecule has 0 atom stereocenters. The van der Waals surface area contributed by atoms with E-state index in [9.17, 15) is 4.79 Å². The third kappa shape index (κ3) is 2.63. The van der Waals surface area contributed by atoms with E-state index in [-0.39, 0.29) is 5.91 Å². The summed E-state index contributed by atoms with van der Waals surface area (Å²) in [6, 6.07) is 12.3. The van der Waals surface area contributed by atoms with Gasteiger partial charge in [-0.3, -0.25) is 4.79 Å². The second-order valence-corrected chi connectivity index (χ2v) is 4.28. The zero-order valence-corrected chi connectivity index (χ0v) is 10.9. The molecule has 0 spiro atoms. The first-order valence-electron chi connectivity index (χ1n) is 6.23. The van der Waals surface area contributed by atoms with Gasteiger partial charge in [0.25, 0.3) is 5.91 Å². The Kier molecular flexibility index (Phi) is 3.40. The molecule has 0 aliphatic heterocycles. The molecule has 0 saturated heterocycles. The van der Waals surface area contributed by atoms with E-state index in [0.717, 1.165) is 5.39 Å². The number of aromatic nitrogens is 3. The van der Waals surface area contributed by atoms with Gasteiger partial charge in [0.2, 0.25) is 0 Å². The van der Waals surface area contributed by atoms with Crippen LogP contribution in [0, 0.1) is 0 Å². The average Bonchev–Trinajstić information content (AvgIpc) is 2.54. The number of nitrogens with zero attached hydrogens (tertiary/aromatic N) is 3. The Hall–Kier alpha value is -3.06. The van der Waals surface area contributed by atoms with Gasteiger partial charge in [-0.05, 0) is 24.3 Å². The molecule has 0 radical (unpaired) electrons. The third-order valence-corrected chi connectivity index (χ3v) is 2.92. The van der Waals surface area contributed by atoms with Gasteiger partial charge >= 0.3 is 0 Å². The van der Waals surface area contributed by atoms with E-state index < -0.39 is 0 Å². The van der Waals surface area contributed by atoms with Crippen molar-refractivity contribution in [3.05, 3.63) is 54.2 Å². The molecule has 2 heterocycles. The van der Waals surface area contributed by atoms with Crippen molar-refractivity contribution in [1.29, 1.82) is 0 Å². The summed E-state index contributed by atoms with van der Waals surface area (Å²) < 4.78 is 0. The molecule has 0 bridgehead atoms. The number of hydrogen-bond acceptors (Lipinski definition) is 6. The number of benzene rings is 1. The Balaban J connectivity index is 2.04. The third-order valence-electron chi connectivity index (χ3n) is 2.92. The SMILES string of the molecule is NNc1cc(C(=O)Nc2cccnn2)c2ccccc2n1. The largest absolute Gasteiger partial charge is 0.308 e. The summed E-state index contributed by atoms with van der Waals surface area (Å²) in [7, 11) is 0. The Morgan fingerprint density at radius 3 is 2.71 bits per heavy atom. The molecule has 0 saturated carbocycles. The second kappa shape index (κ2) is 5.51. The molecule has 0 aliphatic carbocycles. The van der Waals surface area contributed by atoms with Crippen LogP contribution >= 0.6 is 0 Å². The quantitative estimate of drug-likeness (QED) is 0.496. The van der Waals surface area contributed by atoms with Crippen LogP contribution in [0.1, 0.15) is 10.4 Å². The first kappa shape index (κ1) is 12.9. The van der Waals surface area contributed by atoms with Crippen LogP contribution in [0.3, 0.4) is 0 Å². The molecular formula is C14H12N6O. The molecule has 1 aromatic carbocycles. The molecular weight excluding hydrogens is 268 g/mol. The summed E-state index contributed by atoms with van der Waals surface area (Å²) in [6.45, 7) is 0. The van der Waals surface area contributed by atoms with Crippen LogP contribution in [0.5, 0.6) is 0 Å². The molecule has 0 unspecified atom stereocenters. The maximum atomic E-state index is 12.4. The number of hydrazine groups is 1. The highest BCUT2D eigenvalue weighted by molar-refractivity contribution is 6.12. The molecule has 4 N–H and O–H groups in total. The van der Waals surface area contributed by atoms with Crippen LogP contribution in [0.4, 0.5) is 11.6 Å². The lowest BCUT2D eigenvalue weighted by Crippen LogP contribution is -2.16. The smallest absolute Gasteiger partial charge is 0.257 e. The molecule has 7 nitrogen and oxygen atoms in total. The van der Waals surface area contributed by atoms with Gasteiger partial charge in [0.1, 0.15) is 5.82 Å². The molecule has 0 fully saturated rings. The first-order valence-corrected chi connectivity index (χ1v) is 6.23. The van der Waals surface area contributed by atoms with Gasteiger partial charge in [-0.2, -0.15) is 5.10 Å². The van der Waals surface area contributed by atoms with Crippen LogP contribution in [-0.2, 0) is 0 Å². The lowest BCUT2D eigenvalue weighted by Gasteiger charge is -2.09. The fourth-order valence-corrected chi connectivity index (χ4v) is 1.99. The summed E-state index contributed by atoms with van der Waals surface area (Å²) in [5, 5.41) is 11.0. The molecule has 3 aromatic rings. The fraction of sp³-hybridized carbons (Fsp3) is 0. The normalized spacial score (nSPS) is 10.3. The zero-order chi connectivity index (χ0) is 14.7. The van der Waals surface area contributed by atoms with Crippen LogP contribution in [0.25, 0.3) is 10.9 Å². The van der Waals surface area contributed by atoms with Gasteiger partial charge in [0, 0.05) is 11.6 Å². The van der Waals surface area contributed by atoms with Crippen molar-refractivity contribution >= 4 is 28.4 Å². The van der Waals surface area contributed by atoms with Gasteiger partial charge in [-0.25, -0.2) is 10.8 Å². The van der Waals surface area contributed by atoms with Gasteiger partial charge < -0.3 is 10.7 Å². The van der Waals surface area contributed by atoms with Crippen molar-refractivity contribution in [3.8, 4) is 0 Å². The number of para-hydroxylation sites is 1. The number of nitrogens with one attached hydrogen (secondary N) is 2. The number of amides is 1. The van der Waals surface area contributed by atoms with E-state index in [2.05, 4.69) is 25.9 Å². The van der Waals surface area contributed by atoms with E-state index in [1.165, 1.54) is 6.20 Å². The van der Waals surface area contributed by atoms with Crippen molar-refractivity contribution in [2.75, 3.05) is 10.7 Å². The number of fused-ring (bicyclic) bond motifs is 1. The van der Waals surface area contributed by atoms with Gasteiger partial charge in [0.05, 0.1) is 11.1 Å².